The first-order chi connectivity index (χ1) is 13.3. The van der Waals surface area contributed by atoms with Crippen molar-refractivity contribution in [3.05, 3.63) is 84.9 Å². The summed E-state index contributed by atoms with van der Waals surface area (Å²) >= 11 is 0. The molecule has 7 heteroatoms. The summed E-state index contributed by atoms with van der Waals surface area (Å²) in [5.41, 5.74) is 0. The van der Waals surface area contributed by atoms with Crippen molar-refractivity contribution in [2.75, 3.05) is 7.11 Å². The second kappa shape index (κ2) is 9.85. The molecule has 0 saturated carbocycles. The van der Waals surface area contributed by atoms with Crippen LogP contribution in [0.1, 0.15) is 0 Å². The molecule has 0 spiro atoms. The Morgan fingerprint density at radius 1 is 0.786 bits per heavy atom. The number of carbonyl (C=O) groups is 1. The van der Waals surface area contributed by atoms with Gasteiger partial charge in [0.1, 0.15) is 11.7 Å². The fourth-order valence-corrected chi connectivity index (χ4v) is 4.32. The number of hydrogen-bond donors (Lipinski definition) is 0. The van der Waals surface area contributed by atoms with Crippen molar-refractivity contribution in [1.29, 1.82) is 0 Å². The van der Waals surface area contributed by atoms with E-state index in [9.17, 15) is 13.2 Å². The summed E-state index contributed by atoms with van der Waals surface area (Å²) in [4.78, 5) is 12.7. The number of aliphatic carboxylic acids is 1. The molecule has 3 nitrogen and oxygen atoms in total. The third-order valence-corrected chi connectivity index (χ3v) is 5.72. The monoisotopic (exact) mass is 406 g/mol. The first kappa shape index (κ1) is 21.4. The number of carbonyl (C=O) groups excluding carboxylic acids is 1. The maximum Gasteiger partial charge on any atom is 0.430 e. The molecule has 3 rings (SSSR count). The smallest absolute Gasteiger partial charge is 0.430 e. The molecule has 0 bridgehead atoms. The summed E-state index contributed by atoms with van der Waals surface area (Å²) in [6.07, 6.45) is -5.19. The lowest BCUT2D eigenvalue weighted by atomic mass is 10.3. The van der Waals surface area contributed by atoms with Crippen LogP contribution >= 0.6 is 0 Å². The Morgan fingerprint density at radius 2 is 1.14 bits per heavy atom. The highest BCUT2D eigenvalue weighted by Gasteiger charge is 2.29. The summed E-state index contributed by atoms with van der Waals surface area (Å²) in [7, 11) is 1.62. The van der Waals surface area contributed by atoms with Gasteiger partial charge in [-0.05, 0) is 48.5 Å². The van der Waals surface area contributed by atoms with Gasteiger partial charge in [0.15, 0.2) is 14.7 Å². The number of halogens is 3. The van der Waals surface area contributed by atoms with Gasteiger partial charge in [-0.25, -0.2) is 0 Å². The van der Waals surface area contributed by atoms with E-state index in [1.54, 1.807) is 7.11 Å². The molecular formula is C21H17F3O3S. The maximum absolute atomic E-state index is 10.5. The number of methoxy groups -OCH3 is 1. The summed E-state index contributed by atoms with van der Waals surface area (Å²) in [5, 5.41) is 8.78. The molecule has 0 aliphatic rings. The van der Waals surface area contributed by atoms with Crippen molar-refractivity contribution in [3.63, 3.8) is 0 Å². The SMILES string of the molecule is COc1ccc([S+](c2ccccc2)c2ccccc2)cc1.O=C([O-])C(F)(F)F. The van der Waals surface area contributed by atoms with Gasteiger partial charge in [-0.2, -0.15) is 13.2 Å². The molecular weight excluding hydrogens is 389 g/mol. The van der Waals surface area contributed by atoms with Crippen LogP contribution in [0.3, 0.4) is 0 Å². The normalized spacial score (nSPS) is 10.8. The van der Waals surface area contributed by atoms with Crippen molar-refractivity contribution >= 4 is 16.9 Å². The van der Waals surface area contributed by atoms with Crippen molar-refractivity contribution < 1.29 is 27.8 Å². The first-order valence-corrected chi connectivity index (χ1v) is 9.32. The van der Waals surface area contributed by atoms with Gasteiger partial charge in [0, 0.05) is 0 Å². The molecule has 0 aliphatic heterocycles. The number of carboxylic acids is 1. The van der Waals surface area contributed by atoms with Crippen molar-refractivity contribution in [2.45, 2.75) is 20.9 Å². The Balaban J connectivity index is 0.000000345. The average Bonchev–Trinajstić information content (AvgIpc) is 2.70. The van der Waals surface area contributed by atoms with Gasteiger partial charge in [0.25, 0.3) is 0 Å². The molecule has 0 fully saturated rings. The third kappa shape index (κ3) is 6.06. The molecule has 146 valence electrons. The lowest BCUT2D eigenvalue weighted by Crippen LogP contribution is -2.37. The number of ether oxygens (including phenoxy) is 1. The lowest BCUT2D eigenvalue weighted by Gasteiger charge is -2.08. The second-order valence-electron chi connectivity index (χ2n) is 5.39. The molecule has 0 unspecified atom stereocenters. The Bertz CT molecular complexity index is 827. The van der Waals surface area contributed by atoms with E-state index >= 15 is 0 Å². The quantitative estimate of drug-likeness (QED) is 0.614. The predicted octanol–water partition coefficient (Wildman–Crippen LogP) is 4.09. The van der Waals surface area contributed by atoms with Gasteiger partial charge in [0.05, 0.1) is 18.0 Å². The summed E-state index contributed by atoms with van der Waals surface area (Å²) < 4.78 is 36.8. The number of alkyl halides is 3. The maximum atomic E-state index is 10.5. The zero-order valence-electron chi connectivity index (χ0n) is 14.8. The van der Waals surface area contributed by atoms with Gasteiger partial charge in [-0.3, -0.25) is 0 Å². The molecule has 0 saturated heterocycles. The standard InChI is InChI=1S/C19H17OS.C2HF3O2/c1-20-16-12-14-19(15-13-16)21(17-8-4-2-5-9-17)18-10-6-3-7-11-18;3-2(4,5)1(6)7/h2-15H,1H3;(H,6,7)/q+1;/p-1. The average molecular weight is 406 g/mol. The van der Waals surface area contributed by atoms with Crippen molar-refractivity contribution in [3.8, 4) is 5.75 Å². The first-order valence-electron chi connectivity index (χ1n) is 8.09. The van der Waals surface area contributed by atoms with E-state index in [-0.39, 0.29) is 10.9 Å². The predicted molar refractivity (Wildman–Crippen MR) is 99.1 cm³/mol. The van der Waals surface area contributed by atoms with E-state index in [4.69, 9.17) is 14.6 Å². The van der Waals surface area contributed by atoms with Crippen LogP contribution in [-0.4, -0.2) is 19.3 Å². The minimum absolute atomic E-state index is 0.0804. The van der Waals surface area contributed by atoms with Crippen LogP contribution in [0.15, 0.2) is 99.6 Å². The van der Waals surface area contributed by atoms with Crippen LogP contribution in [0.4, 0.5) is 13.2 Å². The molecule has 0 atom stereocenters. The zero-order valence-corrected chi connectivity index (χ0v) is 15.7. The number of carboxylic acid groups (broad SMARTS) is 1. The second-order valence-corrected chi connectivity index (χ2v) is 7.42. The molecule has 0 aromatic heterocycles. The van der Waals surface area contributed by atoms with Crippen LogP contribution in [0.5, 0.6) is 5.75 Å². The summed E-state index contributed by atoms with van der Waals surface area (Å²) in [5.74, 6) is -2.11. The van der Waals surface area contributed by atoms with E-state index in [1.807, 2.05) is 12.1 Å². The van der Waals surface area contributed by atoms with Crippen molar-refractivity contribution in [2.24, 2.45) is 0 Å². The lowest BCUT2D eigenvalue weighted by molar-refractivity contribution is -0.344. The molecule has 0 aliphatic carbocycles. The number of hydrogen-bond acceptors (Lipinski definition) is 3. The van der Waals surface area contributed by atoms with Gasteiger partial charge in [-0.15, -0.1) is 0 Å². The van der Waals surface area contributed by atoms with E-state index < -0.39 is 12.1 Å². The fraction of sp³-hybridized carbons (Fsp3) is 0.0952. The summed E-state index contributed by atoms with van der Waals surface area (Å²) in [6.45, 7) is 0. The minimum Gasteiger partial charge on any atom is -0.542 e. The van der Waals surface area contributed by atoms with Gasteiger partial charge in [0.2, 0.25) is 0 Å². The largest absolute Gasteiger partial charge is 0.542 e. The van der Waals surface area contributed by atoms with Gasteiger partial charge >= 0.3 is 6.18 Å². The number of rotatable bonds is 4. The van der Waals surface area contributed by atoms with Crippen molar-refractivity contribution in [1.82, 2.24) is 0 Å². The molecule has 0 heterocycles. The molecule has 0 amide bonds. The highest BCUT2D eigenvalue weighted by Crippen LogP contribution is 2.31. The van der Waals surface area contributed by atoms with Crippen LogP contribution < -0.4 is 9.84 Å². The highest BCUT2D eigenvalue weighted by molar-refractivity contribution is 7.97. The third-order valence-electron chi connectivity index (χ3n) is 3.48. The summed E-state index contributed by atoms with van der Waals surface area (Å²) in [6, 6.07) is 29.7. The van der Waals surface area contributed by atoms with Crippen LogP contribution in [0, 0.1) is 0 Å². The molecule has 0 radical (unpaired) electrons. The molecule has 3 aromatic carbocycles. The molecule has 0 N–H and O–H groups in total. The van der Waals surface area contributed by atoms with Crippen LogP contribution in [-0.2, 0) is 15.7 Å². The van der Waals surface area contributed by atoms with Gasteiger partial charge < -0.3 is 14.6 Å². The van der Waals surface area contributed by atoms with Crippen LogP contribution in [0.25, 0.3) is 0 Å². The van der Waals surface area contributed by atoms with Gasteiger partial charge in [-0.1, -0.05) is 36.4 Å². The van der Waals surface area contributed by atoms with E-state index in [1.165, 1.54) is 14.7 Å². The Labute approximate surface area is 163 Å². The van der Waals surface area contributed by atoms with Crippen LogP contribution in [0.2, 0.25) is 0 Å². The Kier molecular flexibility index (Phi) is 7.52. The molecule has 28 heavy (non-hydrogen) atoms. The Morgan fingerprint density at radius 3 is 1.46 bits per heavy atom. The Hall–Kier alpha value is -2.93. The van der Waals surface area contributed by atoms with E-state index in [0.717, 1.165) is 5.75 Å². The zero-order chi connectivity index (χ0) is 20.6. The minimum atomic E-state index is -5.19. The topological polar surface area (TPSA) is 49.4 Å². The fourth-order valence-electron chi connectivity index (χ4n) is 2.23. The van der Waals surface area contributed by atoms with E-state index in [0.29, 0.717) is 0 Å². The number of benzene rings is 3. The van der Waals surface area contributed by atoms with E-state index in [2.05, 4.69) is 72.8 Å². The highest BCUT2D eigenvalue weighted by atomic mass is 32.2. The molecule has 3 aromatic rings.